The Bertz CT molecular complexity index is 1070. The largest absolute Gasteiger partial charge is 0.484 e. The van der Waals surface area contributed by atoms with E-state index in [1.807, 2.05) is 37.3 Å². The van der Waals surface area contributed by atoms with Gasteiger partial charge in [0.15, 0.2) is 6.61 Å². The number of hydrogen-bond acceptors (Lipinski definition) is 5. The van der Waals surface area contributed by atoms with Gasteiger partial charge in [-0.05, 0) is 43.2 Å². The highest BCUT2D eigenvalue weighted by Crippen LogP contribution is 2.30. The first kappa shape index (κ1) is 22.8. The fourth-order valence-corrected chi connectivity index (χ4v) is 3.38. The fraction of sp³-hybridized carbons (Fsp3) is 0.240. The Morgan fingerprint density at radius 1 is 1.09 bits per heavy atom. The van der Waals surface area contributed by atoms with Crippen molar-refractivity contribution in [1.82, 2.24) is 10.2 Å². The quantitative estimate of drug-likeness (QED) is 0.534. The molecule has 0 unspecified atom stereocenters. The van der Waals surface area contributed by atoms with E-state index in [2.05, 4.69) is 5.32 Å². The van der Waals surface area contributed by atoms with Gasteiger partial charge in [-0.2, -0.15) is 0 Å². The number of likely N-dealkylation sites (N-methyl/N-ethyl adjacent to an activating group) is 1. The maximum atomic E-state index is 12.5. The lowest BCUT2D eigenvalue weighted by molar-refractivity contribution is -0.136. The number of methoxy groups -OCH3 is 1. The lowest BCUT2D eigenvalue weighted by Crippen LogP contribution is -2.31. The molecule has 0 bridgehead atoms. The van der Waals surface area contributed by atoms with Crippen LogP contribution in [-0.4, -0.2) is 43.4 Å². The first-order valence-electron chi connectivity index (χ1n) is 10.2. The van der Waals surface area contributed by atoms with Crippen LogP contribution in [0.4, 0.5) is 0 Å². The predicted molar refractivity (Wildman–Crippen MR) is 120 cm³/mol. The third-order valence-corrected chi connectivity index (χ3v) is 5.30. The van der Waals surface area contributed by atoms with E-state index in [9.17, 15) is 14.4 Å². The third-order valence-electron chi connectivity index (χ3n) is 5.30. The molecule has 3 rings (SSSR count). The number of carbonyl (C=O) groups is 3. The Balaban J connectivity index is 1.63. The summed E-state index contributed by atoms with van der Waals surface area (Å²) in [7, 11) is 2.90. The maximum absolute atomic E-state index is 12.5. The normalized spacial score (nSPS) is 15.7. The fourth-order valence-electron chi connectivity index (χ4n) is 3.38. The van der Waals surface area contributed by atoms with Gasteiger partial charge in [0.1, 0.15) is 5.75 Å². The number of benzene rings is 2. The zero-order valence-electron chi connectivity index (χ0n) is 18.5. The van der Waals surface area contributed by atoms with Crippen LogP contribution in [-0.2, 0) is 19.1 Å². The van der Waals surface area contributed by atoms with Gasteiger partial charge >= 0.3 is 5.97 Å². The van der Waals surface area contributed by atoms with Crippen molar-refractivity contribution >= 4 is 23.9 Å². The molecule has 166 valence electrons. The molecule has 0 spiro atoms. The van der Waals surface area contributed by atoms with Crippen LogP contribution < -0.4 is 10.1 Å². The molecule has 2 amide bonds. The molecule has 1 aliphatic rings. The summed E-state index contributed by atoms with van der Waals surface area (Å²) < 4.78 is 10.4. The topological polar surface area (TPSA) is 84.9 Å². The van der Waals surface area contributed by atoms with E-state index in [1.165, 1.54) is 12.0 Å². The smallest absolute Gasteiger partial charge is 0.340 e. The van der Waals surface area contributed by atoms with Crippen LogP contribution in [0.2, 0.25) is 0 Å². The molecule has 0 saturated heterocycles. The molecular weight excluding hydrogens is 408 g/mol. The number of esters is 1. The summed E-state index contributed by atoms with van der Waals surface area (Å²) in [5, 5.41) is 2.90. The zero-order chi connectivity index (χ0) is 23.3. The first-order chi connectivity index (χ1) is 15.3. The second-order valence-electron chi connectivity index (χ2n) is 7.43. The van der Waals surface area contributed by atoms with E-state index in [1.54, 1.807) is 44.3 Å². The number of rotatable bonds is 7. The summed E-state index contributed by atoms with van der Waals surface area (Å²) in [6.45, 7) is 3.50. The Morgan fingerprint density at radius 2 is 1.75 bits per heavy atom. The minimum atomic E-state index is -0.554. The standard InChI is InChI=1S/C25H26N2O5/c1-16(19-8-6-5-7-9-19)26-22(28)15-32-20-12-10-18(11-13-20)14-21-23(25(30)31-4)17(2)27(3)24(21)29/h5-14,16H,15H2,1-4H3,(H,26,28)/b21-14-/t16-/m0/s1. The van der Waals surface area contributed by atoms with E-state index < -0.39 is 5.97 Å². The average Bonchev–Trinajstić information content (AvgIpc) is 3.02. The molecular formula is C25H26N2O5. The van der Waals surface area contributed by atoms with Crippen molar-refractivity contribution < 1.29 is 23.9 Å². The van der Waals surface area contributed by atoms with Gasteiger partial charge in [-0.3, -0.25) is 9.59 Å². The van der Waals surface area contributed by atoms with Crippen LogP contribution >= 0.6 is 0 Å². The number of allylic oxidation sites excluding steroid dienone is 1. The van der Waals surface area contributed by atoms with Gasteiger partial charge < -0.3 is 19.7 Å². The molecule has 1 heterocycles. The number of ether oxygens (including phenoxy) is 2. The number of hydrogen-bond donors (Lipinski definition) is 1. The van der Waals surface area contributed by atoms with Gasteiger partial charge in [-0.25, -0.2) is 4.79 Å². The molecule has 7 nitrogen and oxygen atoms in total. The SMILES string of the molecule is COC(=O)C1=C(C)N(C)C(=O)/C1=C\c1ccc(OCC(=O)N[C@@H](C)c2ccccc2)cc1. The minimum absolute atomic E-state index is 0.116. The van der Waals surface area contributed by atoms with E-state index in [-0.39, 0.29) is 35.6 Å². The number of nitrogens with one attached hydrogen (secondary N) is 1. The molecule has 1 N–H and O–H groups in total. The second-order valence-corrected chi connectivity index (χ2v) is 7.43. The lowest BCUT2D eigenvalue weighted by Gasteiger charge is -2.14. The molecule has 32 heavy (non-hydrogen) atoms. The monoisotopic (exact) mass is 434 g/mol. The minimum Gasteiger partial charge on any atom is -0.484 e. The van der Waals surface area contributed by atoms with Crippen molar-refractivity contribution in [3.8, 4) is 5.75 Å². The molecule has 0 radical (unpaired) electrons. The highest BCUT2D eigenvalue weighted by atomic mass is 16.5. The van der Waals surface area contributed by atoms with Crippen LogP contribution in [0.15, 0.2) is 71.4 Å². The van der Waals surface area contributed by atoms with E-state index >= 15 is 0 Å². The van der Waals surface area contributed by atoms with Gasteiger partial charge in [0.25, 0.3) is 11.8 Å². The van der Waals surface area contributed by atoms with Crippen LogP contribution in [0.1, 0.15) is 31.0 Å². The highest BCUT2D eigenvalue weighted by Gasteiger charge is 2.34. The third kappa shape index (κ3) is 5.06. The Labute approximate surface area is 187 Å². The molecule has 2 aromatic rings. The van der Waals surface area contributed by atoms with Gasteiger partial charge in [-0.1, -0.05) is 42.5 Å². The molecule has 0 saturated carbocycles. The molecule has 0 aliphatic carbocycles. The van der Waals surface area contributed by atoms with Crippen molar-refractivity contribution in [2.24, 2.45) is 0 Å². The molecule has 1 atom stereocenters. The first-order valence-corrected chi connectivity index (χ1v) is 10.2. The molecule has 0 fully saturated rings. The van der Waals surface area contributed by atoms with Crippen LogP contribution in [0, 0.1) is 0 Å². The highest BCUT2D eigenvalue weighted by molar-refractivity contribution is 6.16. The second kappa shape index (κ2) is 9.96. The number of nitrogens with zero attached hydrogens (tertiary/aromatic N) is 1. The lowest BCUT2D eigenvalue weighted by atomic mass is 10.0. The van der Waals surface area contributed by atoms with Crippen molar-refractivity contribution in [3.05, 3.63) is 82.6 Å². The van der Waals surface area contributed by atoms with Crippen molar-refractivity contribution in [1.29, 1.82) is 0 Å². The molecule has 2 aromatic carbocycles. The van der Waals surface area contributed by atoms with Crippen molar-refractivity contribution in [2.75, 3.05) is 20.8 Å². The predicted octanol–water partition coefficient (Wildman–Crippen LogP) is 3.25. The molecule has 1 aliphatic heterocycles. The summed E-state index contributed by atoms with van der Waals surface area (Å²) in [4.78, 5) is 38.3. The average molecular weight is 434 g/mol. The van der Waals surface area contributed by atoms with Crippen LogP contribution in [0.25, 0.3) is 6.08 Å². The summed E-state index contributed by atoms with van der Waals surface area (Å²) >= 11 is 0. The van der Waals surface area contributed by atoms with Crippen molar-refractivity contribution in [2.45, 2.75) is 19.9 Å². The van der Waals surface area contributed by atoms with Gasteiger partial charge in [0, 0.05) is 12.7 Å². The molecule has 7 heteroatoms. The van der Waals surface area contributed by atoms with Gasteiger partial charge in [0.05, 0.1) is 24.3 Å². The van der Waals surface area contributed by atoms with E-state index in [0.717, 1.165) is 5.56 Å². The van der Waals surface area contributed by atoms with Crippen LogP contribution in [0.5, 0.6) is 5.75 Å². The van der Waals surface area contributed by atoms with Crippen LogP contribution in [0.3, 0.4) is 0 Å². The Morgan fingerprint density at radius 3 is 2.38 bits per heavy atom. The summed E-state index contributed by atoms with van der Waals surface area (Å²) in [6.07, 6.45) is 1.64. The maximum Gasteiger partial charge on any atom is 0.340 e. The summed E-state index contributed by atoms with van der Waals surface area (Å²) in [5.74, 6) is -0.533. The number of amides is 2. The Kier molecular flexibility index (Phi) is 7.10. The number of carbonyl (C=O) groups excluding carboxylic acids is 3. The summed E-state index contributed by atoms with van der Waals surface area (Å²) in [6, 6.07) is 16.5. The van der Waals surface area contributed by atoms with Gasteiger partial charge in [0.2, 0.25) is 0 Å². The zero-order valence-corrected chi connectivity index (χ0v) is 18.5. The van der Waals surface area contributed by atoms with E-state index in [0.29, 0.717) is 17.0 Å². The van der Waals surface area contributed by atoms with Crippen molar-refractivity contribution in [3.63, 3.8) is 0 Å². The van der Waals surface area contributed by atoms with Gasteiger partial charge in [-0.15, -0.1) is 0 Å². The van der Waals surface area contributed by atoms with E-state index in [4.69, 9.17) is 9.47 Å². The molecule has 0 aromatic heterocycles. The summed E-state index contributed by atoms with van der Waals surface area (Å²) in [5.41, 5.74) is 2.81. The Hall–Kier alpha value is -3.87.